The summed E-state index contributed by atoms with van der Waals surface area (Å²) in [6.45, 7) is 21.3. The number of hydrogen-bond acceptors (Lipinski definition) is 2. The van der Waals surface area contributed by atoms with Crippen molar-refractivity contribution in [3.8, 4) is 33.4 Å². The Hall–Kier alpha value is -13.1. The van der Waals surface area contributed by atoms with Crippen molar-refractivity contribution in [1.29, 1.82) is 0 Å². The third kappa shape index (κ3) is 10.9. The van der Waals surface area contributed by atoms with Crippen LogP contribution < -0.4 is 9.80 Å². The topological polar surface area (TPSA) is 6.48 Å². The van der Waals surface area contributed by atoms with E-state index in [1.165, 1.54) is 165 Å². The summed E-state index contributed by atoms with van der Waals surface area (Å²) in [7, 11) is 0. The zero-order valence-electron chi connectivity index (χ0n) is 66.3. The average molecular weight is 1460 g/mol. The summed E-state index contributed by atoms with van der Waals surface area (Å²) >= 11 is 0. The van der Waals surface area contributed by atoms with E-state index < -0.39 is 10.8 Å². The molecule has 0 aliphatic heterocycles. The first-order valence-electron chi connectivity index (χ1n) is 40.5. The Bertz CT molecular complexity index is 6730. The van der Waals surface area contributed by atoms with E-state index in [9.17, 15) is 0 Å². The summed E-state index contributed by atoms with van der Waals surface area (Å²) in [4.78, 5) is 4.94. The Morgan fingerprint density at radius 1 is 0.202 bits per heavy atom. The molecule has 0 aromatic heterocycles. The molecule has 0 unspecified atom stereocenters. The van der Waals surface area contributed by atoms with Crippen molar-refractivity contribution >= 4 is 98.8 Å². The van der Waals surface area contributed by atoms with E-state index in [0.29, 0.717) is 0 Å². The lowest BCUT2D eigenvalue weighted by Gasteiger charge is -2.35. The van der Waals surface area contributed by atoms with Gasteiger partial charge in [-0.2, -0.15) is 0 Å². The summed E-state index contributed by atoms with van der Waals surface area (Å²) in [5.41, 5.74) is 28.1. The fraction of sp³-hybridized carbons (Fsp3) is 0.125. The van der Waals surface area contributed by atoms with Crippen molar-refractivity contribution in [2.45, 2.75) is 89.4 Å². The lowest BCUT2D eigenvalue weighted by atomic mass is 9.67. The molecule has 2 nitrogen and oxygen atoms in total. The molecular formula is C112H90N2. The number of hydrogen-bond donors (Lipinski definition) is 0. The highest BCUT2D eigenvalue weighted by Crippen LogP contribution is 2.60. The van der Waals surface area contributed by atoms with Gasteiger partial charge in [-0.1, -0.05) is 384 Å². The molecule has 0 saturated carbocycles. The van der Waals surface area contributed by atoms with Crippen molar-refractivity contribution < 1.29 is 0 Å². The van der Waals surface area contributed by atoms with Crippen LogP contribution in [0.2, 0.25) is 0 Å². The van der Waals surface area contributed by atoms with E-state index >= 15 is 0 Å². The summed E-state index contributed by atoms with van der Waals surface area (Å²) in [5.74, 6) is 0. The Kier molecular flexibility index (Phi) is 16.5. The molecule has 0 heterocycles. The lowest BCUT2D eigenvalue weighted by molar-refractivity contribution is 0.576. The minimum absolute atomic E-state index is 0.0206. The standard InChI is InChI=1S/C59H55N.C53H35N/c1-56(2,3)50-36-51(57(4,5)6)45-34-35-47-53(37-52(58(7,8)9)46-33-32-44(50)54(45)55(46)47)60(40-22-14-11-15-23-40)41-30-28-39(29-31-41)59(38-20-12-10-13-21-38)48-26-18-16-24-42(48)43-25-17-19-27-49(43)59;1-4-14-36(15-5-1)43-32-24-37-26-34-47-50(35-27-38-25-33-46(43)51(37)52(38)47)54(41-18-8-3-9-19-41)42-30-28-40(29-31-42)53(39-16-6-2-7-17-39)48-22-12-10-20-44(48)45-21-11-13-23-49(45)53/h10-37H,1-9H3;1-35H. The van der Waals surface area contributed by atoms with E-state index in [2.05, 4.69) is 454 Å². The van der Waals surface area contributed by atoms with E-state index in [1.54, 1.807) is 0 Å². The molecule has 0 saturated heterocycles. The van der Waals surface area contributed by atoms with Crippen LogP contribution in [0.5, 0.6) is 0 Å². The molecule has 2 aliphatic carbocycles. The fourth-order valence-corrected chi connectivity index (χ4v) is 20.0. The highest BCUT2D eigenvalue weighted by atomic mass is 15.1. The molecule has 2 heteroatoms. The molecule has 19 aromatic rings. The van der Waals surface area contributed by atoms with E-state index in [0.717, 1.165) is 28.4 Å². The Labute approximate surface area is 670 Å². The van der Waals surface area contributed by atoms with Gasteiger partial charge in [0.25, 0.3) is 0 Å². The third-order valence-electron chi connectivity index (χ3n) is 25.0. The maximum absolute atomic E-state index is 2.51. The lowest BCUT2D eigenvalue weighted by Crippen LogP contribution is -2.28. The van der Waals surface area contributed by atoms with Gasteiger partial charge in [-0.3, -0.25) is 0 Å². The number of fused-ring (bicyclic) bond motifs is 6. The second-order valence-electron chi connectivity index (χ2n) is 34.6. The van der Waals surface area contributed by atoms with Gasteiger partial charge in [0.15, 0.2) is 0 Å². The zero-order valence-corrected chi connectivity index (χ0v) is 66.3. The first kappa shape index (κ1) is 70.0. The number of rotatable bonds is 11. The van der Waals surface area contributed by atoms with Crippen molar-refractivity contribution in [3.05, 3.63) is 443 Å². The van der Waals surface area contributed by atoms with Gasteiger partial charge >= 0.3 is 0 Å². The van der Waals surface area contributed by atoms with Gasteiger partial charge in [0, 0.05) is 33.5 Å². The highest BCUT2D eigenvalue weighted by molar-refractivity contribution is 6.29. The van der Waals surface area contributed by atoms with Crippen LogP contribution in [0.3, 0.4) is 0 Å². The Morgan fingerprint density at radius 3 is 0.912 bits per heavy atom. The van der Waals surface area contributed by atoms with E-state index in [4.69, 9.17) is 0 Å². The quantitative estimate of drug-likeness (QED) is 0.119. The minimum atomic E-state index is -0.452. The summed E-state index contributed by atoms with van der Waals surface area (Å²) < 4.78 is 0. The predicted molar refractivity (Wildman–Crippen MR) is 486 cm³/mol. The summed E-state index contributed by atoms with van der Waals surface area (Å²) in [5, 5.41) is 15.8. The average Bonchev–Trinajstić information content (AvgIpc) is 1.48. The molecule has 114 heavy (non-hydrogen) atoms. The van der Waals surface area contributed by atoms with Gasteiger partial charge in [-0.05, 0) is 225 Å². The van der Waals surface area contributed by atoms with Gasteiger partial charge in [-0.25, -0.2) is 0 Å². The van der Waals surface area contributed by atoms with Crippen LogP contribution in [0.25, 0.3) is 98.0 Å². The Balaban J connectivity index is 0.000000148. The SMILES string of the molecule is CC(C)(C)c1cc(N(c2ccccc2)c2ccc(C3(c4ccccc4)c4ccccc4-c4ccccc43)cc2)c2ccc3c(C(C)(C)C)cc(C(C)(C)C)c4ccc1c2c34.c1ccc(-c2ccc3ccc4c(N(c5ccccc5)c5ccc(C6(c7ccccc7)c7ccccc7-c7ccccc76)cc5)ccc5ccc2c3c54)cc1. The second kappa shape index (κ2) is 26.8. The van der Waals surface area contributed by atoms with Gasteiger partial charge in [0.05, 0.1) is 22.2 Å². The molecule has 0 amide bonds. The maximum atomic E-state index is 2.51. The van der Waals surface area contributed by atoms with Crippen LogP contribution in [0.4, 0.5) is 34.1 Å². The van der Waals surface area contributed by atoms with Gasteiger partial charge in [0.2, 0.25) is 0 Å². The fourth-order valence-electron chi connectivity index (χ4n) is 20.0. The molecule has 0 atom stereocenters. The van der Waals surface area contributed by atoms with Gasteiger partial charge in [-0.15, -0.1) is 0 Å². The summed E-state index contributed by atoms with van der Waals surface area (Å²) in [6, 6.07) is 142. The Morgan fingerprint density at radius 2 is 0.491 bits per heavy atom. The number of benzene rings is 19. The van der Waals surface area contributed by atoms with Crippen molar-refractivity contribution in [1.82, 2.24) is 0 Å². The van der Waals surface area contributed by atoms with Crippen LogP contribution in [-0.2, 0) is 27.1 Å². The van der Waals surface area contributed by atoms with Gasteiger partial charge < -0.3 is 9.80 Å². The molecule has 0 fully saturated rings. The largest absolute Gasteiger partial charge is 0.310 e. The number of para-hydroxylation sites is 2. The van der Waals surface area contributed by atoms with Crippen LogP contribution >= 0.6 is 0 Å². The van der Waals surface area contributed by atoms with Crippen molar-refractivity contribution in [3.63, 3.8) is 0 Å². The van der Waals surface area contributed by atoms with E-state index in [1.807, 2.05) is 0 Å². The van der Waals surface area contributed by atoms with Crippen LogP contribution in [0.15, 0.2) is 382 Å². The first-order valence-corrected chi connectivity index (χ1v) is 40.5. The maximum Gasteiger partial charge on any atom is 0.0713 e. The molecule has 19 aromatic carbocycles. The normalized spacial score (nSPS) is 13.4. The highest BCUT2D eigenvalue weighted by Gasteiger charge is 2.48. The smallest absolute Gasteiger partial charge is 0.0713 e. The zero-order chi connectivity index (χ0) is 77.4. The molecule has 0 bridgehead atoms. The molecule has 0 N–H and O–H groups in total. The number of anilines is 6. The minimum Gasteiger partial charge on any atom is -0.310 e. The monoisotopic (exact) mass is 1460 g/mol. The molecular weight excluding hydrogens is 1370 g/mol. The van der Waals surface area contributed by atoms with Crippen molar-refractivity contribution in [2.24, 2.45) is 0 Å². The first-order chi connectivity index (χ1) is 55.5. The molecule has 0 spiro atoms. The third-order valence-corrected chi connectivity index (χ3v) is 25.0. The molecule has 0 radical (unpaired) electrons. The number of nitrogens with zero attached hydrogens (tertiary/aromatic N) is 2. The summed E-state index contributed by atoms with van der Waals surface area (Å²) in [6.07, 6.45) is 0. The molecule has 21 rings (SSSR count). The molecule has 2 aliphatic rings. The van der Waals surface area contributed by atoms with Crippen molar-refractivity contribution in [2.75, 3.05) is 9.80 Å². The van der Waals surface area contributed by atoms with Crippen LogP contribution in [0.1, 0.15) is 124 Å². The van der Waals surface area contributed by atoms with E-state index in [-0.39, 0.29) is 16.2 Å². The predicted octanol–water partition coefficient (Wildman–Crippen LogP) is 30.4. The van der Waals surface area contributed by atoms with Crippen LogP contribution in [-0.4, -0.2) is 0 Å². The van der Waals surface area contributed by atoms with Crippen LogP contribution in [0, 0.1) is 0 Å². The van der Waals surface area contributed by atoms with Gasteiger partial charge in [0.1, 0.15) is 0 Å². The second-order valence-corrected chi connectivity index (χ2v) is 34.6. The molecule has 548 valence electrons.